The summed E-state index contributed by atoms with van der Waals surface area (Å²) in [6.07, 6.45) is 3.52. The fraction of sp³-hybridized carbons (Fsp3) is 0. The highest BCUT2D eigenvalue weighted by Crippen LogP contribution is 2.54. The first kappa shape index (κ1) is 33.6. The first-order valence-electron chi connectivity index (χ1n) is 20.1. The molecule has 13 aromatic rings. The molecule has 0 aliphatic carbocycles. The molecule has 61 heavy (non-hydrogen) atoms. The number of aromatic nitrogens is 4. The molecule has 0 aliphatic rings. The molecule has 0 saturated heterocycles. The standard InChI is InChI=1S/C54H28N6S/c1-56-50-45(31-14-4-2-5-15-31)39(28-55)51(60-41-22-10-8-18-33(41)36-26-27-37-34-19-9-11-25-44(34)61-54(37)52(36)60)46(32-16-6-3-7-17-32)53(50)59-42-23-12-20-35-40-29-57-30-58-49(40)38-21-13-24-43(59)48(38)47(35)42/h2-27,29-30H. The van der Waals surface area contributed by atoms with Gasteiger partial charge in [0.2, 0.25) is 5.69 Å². The summed E-state index contributed by atoms with van der Waals surface area (Å²) in [4.78, 5) is 13.8. The van der Waals surface area contributed by atoms with Crippen LogP contribution in [0.15, 0.2) is 170 Å². The van der Waals surface area contributed by atoms with Crippen molar-refractivity contribution in [3.63, 3.8) is 0 Å². The van der Waals surface area contributed by atoms with Gasteiger partial charge in [-0.2, -0.15) is 5.26 Å². The fourth-order valence-electron chi connectivity index (χ4n) is 10.1. The third-order valence-electron chi connectivity index (χ3n) is 12.5. The minimum atomic E-state index is 0.407. The van der Waals surface area contributed by atoms with Crippen LogP contribution < -0.4 is 0 Å². The zero-order chi connectivity index (χ0) is 40.3. The smallest absolute Gasteiger partial charge is 0.220 e. The van der Waals surface area contributed by atoms with Crippen molar-refractivity contribution in [3.05, 3.63) is 187 Å². The lowest BCUT2D eigenvalue weighted by molar-refractivity contribution is 1.14. The second-order valence-corrected chi connectivity index (χ2v) is 16.5. The van der Waals surface area contributed by atoms with E-state index in [0.717, 1.165) is 98.1 Å². The molecule has 0 unspecified atom stereocenters. The van der Waals surface area contributed by atoms with Crippen LogP contribution in [0.5, 0.6) is 0 Å². The molecule has 9 aromatic carbocycles. The molecule has 0 radical (unpaired) electrons. The molecule has 0 atom stereocenters. The maximum atomic E-state index is 11.8. The van der Waals surface area contributed by atoms with Crippen LogP contribution >= 0.6 is 11.3 Å². The number of nitriles is 1. The Morgan fingerprint density at radius 1 is 0.541 bits per heavy atom. The van der Waals surface area contributed by atoms with Gasteiger partial charge >= 0.3 is 0 Å². The molecule has 0 spiro atoms. The average molecular weight is 793 g/mol. The van der Waals surface area contributed by atoms with Crippen molar-refractivity contribution in [1.82, 2.24) is 19.1 Å². The van der Waals surface area contributed by atoms with Gasteiger partial charge in [0.15, 0.2) is 0 Å². The van der Waals surface area contributed by atoms with Crippen LogP contribution in [-0.4, -0.2) is 19.1 Å². The van der Waals surface area contributed by atoms with E-state index >= 15 is 0 Å². The number of rotatable bonds is 4. The molecule has 6 nitrogen and oxygen atoms in total. The van der Waals surface area contributed by atoms with Gasteiger partial charge in [-0.3, -0.25) is 0 Å². The minimum Gasteiger partial charge on any atom is -0.318 e. The van der Waals surface area contributed by atoms with E-state index in [9.17, 15) is 11.8 Å². The third kappa shape index (κ3) is 4.42. The number of fused-ring (bicyclic) bond motifs is 10. The Hall–Kier alpha value is -8.36. The molecule has 4 aromatic heterocycles. The quantitative estimate of drug-likeness (QED) is 0.132. The molecule has 280 valence electrons. The van der Waals surface area contributed by atoms with E-state index in [-0.39, 0.29) is 0 Å². The minimum absolute atomic E-state index is 0.407. The van der Waals surface area contributed by atoms with Gasteiger partial charge in [0, 0.05) is 65.1 Å². The summed E-state index contributed by atoms with van der Waals surface area (Å²) in [6.45, 7) is 9.18. The van der Waals surface area contributed by atoms with E-state index in [0.29, 0.717) is 16.8 Å². The lowest BCUT2D eigenvalue weighted by atomic mass is 9.88. The first-order chi connectivity index (χ1) is 30.2. The van der Waals surface area contributed by atoms with Crippen molar-refractivity contribution in [2.75, 3.05) is 0 Å². The summed E-state index contributed by atoms with van der Waals surface area (Å²) in [5.74, 6) is 0. The first-order valence-corrected chi connectivity index (χ1v) is 20.9. The van der Waals surface area contributed by atoms with E-state index in [1.165, 1.54) is 15.5 Å². The summed E-state index contributed by atoms with van der Waals surface area (Å²) < 4.78 is 6.96. The lowest BCUT2D eigenvalue weighted by Gasteiger charge is -2.25. The Bertz CT molecular complexity index is 3980. The zero-order valence-electron chi connectivity index (χ0n) is 32.3. The normalized spacial score (nSPS) is 11.9. The second kappa shape index (κ2) is 12.6. The SMILES string of the molecule is [C-]#[N+]c1c(-c2ccccc2)c(C#N)c(-n2c3ccccc3c3ccc4c5ccccc5sc4c32)c(-c2ccccc2)c1-n1c2cccc3c4cncnc4c4cccc1c4c32. The topological polar surface area (TPSA) is 63.8 Å². The van der Waals surface area contributed by atoms with Gasteiger partial charge in [0.05, 0.1) is 55.8 Å². The molecule has 4 heterocycles. The monoisotopic (exact) mass is 792 g/mol. The third-order valence-corrected chi connectivity index (χ3v) is 13.7. The summed E-state index contributed by atoms with van der Waals surface area (Å²) in [6, 6.07) is 57.3. The van der Waals surface area contributed by atoms with Crippen LogP contribution in [0.4, 0.5) is 5.69 Å². The van der Waals surface area contributed by atoms with Crippen molar-refractivity contribution in [2.24, 2.45) is 0 Å². The predicted molar refractivity (Wildman–Crippen MR) is 252 cm³/mol. The van der Waals surface area contributed by atoms with Crippen molar-refractivity contribution in [3.8, 4) is 39.7 Å². The molecule has 0 amide bonds. The van der Waals surface area contributed by atoms with Gasteiger partial charge in [-0.25, -0.2) is 14.8 Å². The number of para-hydroxylation sites is 1. The average Bonchev–Trinajstić information content (AvgIpc) is 3.99. The maximum absolute atomic E-state index is 11.8. The molecule has 0 saturated carbocycles. The molecule has 0 bridgehead atoms. The number of benzene rings is 9. The van der Waals surface area contributed by atoms with Crippen LogP contribution in [0.3, 0.4) is 0 Å². The molecule has 0 aliphatic heterocycles. The molecule has 13 rings (SSSR count). The molecular formula is C54H28N6S. The Balaban J connectivity index is 1.34. The van der Waals surface area contributed by atoms with Gasteiger partial charge in [-0.15, -0.1) is 11.3 Å². The van der Waals surface area contributed by atoms with E-state index in [1.54, 1.807) is 17.7 Å². The summed E-state index contributed by atoms with van der Waals surface area (Å²) in [7, 11) is 0. The van der Waals surface area contributed by atoms with E-state index in [2.05, 4.69) is 134 Å². The second-order valence-electron chi connectivity index (χ2n) is 15.4. The molecular weight excluding hydrogens is 765 g/mol. The summed E-state index contributed by atoms with van der Waals surface area (Å²) in [5.41, 5.74) is 10.2. The molecule has 0 N–H and O–H groups in total. The Kier molecular flexibility index (Phi) is 6.92. The Labute approximate surface area is 352 Å². The van der Waals surface area contributed by atoms with Crippen LogP contribution in [0.25, 0.3) is 124 Å². The molecule has 7 heteroatoms. The maximum Gasteiger partial charge on any atom is 0.220 e. The van der Waals surface area contributed by atoms with Gasteiger partial charge in [0.1, 0.15) is 12.4 Å². The van der Waals surface area contributed by atoms with E-state index in [1.807, 2.05) is 54.7 Å². The number of thiophene rings is 1. The van der Waals surface area contributed by atoms with Gasteiger partial charge < -0.3 is 9.13 Å². The van der Waals surface area contributed by atoms with Crippen LogP contribution in [0, 0.1) is 17.9 Å². The molecule has 0 fully saturated rings. The van der Waals surface area contributed by atoms with Crippen molar-refractivity contribution in [2.45, 2.75) is 0 Å². The number of hydrogen-bond donors (Lipinski definition) is 0. The van der Waals surface area contributed by atoms with Crippen molar-refractivity contribution in [1.29, 1.82) is 5.26 Å². The van der Waals surface area contributed by atoms with Gasteiger partial charge in [0.25, 0.3) is 0 Å². The Morgan fingerprint density at radius 3 is 1.92 bits per heavy atom. The van der Waals surface area contributed by atoms with Crippen molar-refractivity contribution >= 4 is 102 Å². The highest BCUT2D eigenvalue weighted by Gasteiger charge is 2.33. The highest BCUT2D eigenvalue weighted by molar-refractivity contribution is 7.26. The largest absolute Gasteiger partial charge is 0.318 e. The Morgan fingerprint density at radius 2 is 1.16 bits per heavy atom. The lowest BCUT2D eigenvalue weighted by Crippen LogP contribution is -2.08. The van der Waals surface area contributed by atoms with Crippen LogP contribution in [-0.2, 0) is 0 Å². The highest BCUT2D eigenvalue weighted by atomic mass is 32.1. The van der Waals surface area contributed by atoms with E-state index in [4.69, 9.17) is 4.98 Å². The van der Waals surface area contributed by atoms with Gasteiger partial charge in [-0.05, 0) is 40.8 Å². The van der Waals surface area contributed by atoms with E-state index < -0.39 is 0 Å². The van der Waals surface area contributed by atoms with Crippen LogP contribution in [0.2, 0.25) is 0 Å². The summed E-state index contributed by atoms with van der Waals surface area (Å²) in [5, 5.41) is 21.6. The number of hydrogen-bond acceptors (Lipinski definition) is 4. The summed E-state index contributed by atoms with van der Waals surface area (Å²) >= 11 is 1.78. The predicted octanol–water partition coefficient (Wildman–Crippen LogP) is 14.5. The number of nitrogens with zero attached hydrogens (tertiary/aromatic N) is 6. The zero-order valence-corrected chi connectivity index (χ0v) is 33.1. The van der Waals surface area contributed by atoms with Crippen LogP contribution in [0.1, 0.15) is 5.56 Å². The fourth-order valence-corrected chi connectivity index (χ4v) is 11.3. The van der Waals surface area contributed by atoms with Gasteiger partial charge in [-0.1, -0.05) is 133 Å². The van der Waals surface area contributed by atoms with Crippen molar-refractivity contribution < 1.29 is 0 Å².